The lowest BCUT2D eigenvalue weighted by molar-refractivity contribution is 0.0584. The van der Waals surface area contributed by atoms with E-state index in [4.69, 9.17) is 4.74 Å². The molecule has 4 aromatic rings. The first kappa shape index (κ1) is 22.0. The number of aliphatic hydroxyl groups excluding tert-OH is 1. The van der Waals surface area contributed by atoms with E-state index in [9.17, 15) is 25.2 Å². The molecule has 0 unspecified atom stereocenters. The largest absolute Gasteiger partial charge is 0.508 e. The molecule has 0 aliphatic rings. The van der Waals surface area contributed by atoms with Crippen LogP contribution in [0.4, 0.5) is 0 Å². The van der Waals surface area contributed by atoms with Gasteiger partial charge in [0.25, 0.3) is 0 Å². The van der Waals surface area contributed by atoms with Gasteiger partial charge >= 0.3 is 5.97 Å². The molecule has 1 aromatic heterocycles. The van der Waals surface area contributed by atoms with E-state index < -0.39 is 12.1 Å². The van der Waals surface area contributed by atoms with E-state index in [-0.39, 0.29) is 29.5 Å². The number of aromatic nitrogens is 1. The topological polar surface area (TPSA) is 112 Å². The highest BCUT2D eigenvalue weighted by atomic mass is 16.5. The fourth-order valence-electron chi connectivity index (χ4n) is 3.78. The molecule has 0 radical (unpaired) electrons. The summed E-state index contributed by atoms with van der Waals surface area (Å²) in [5.74, 6) is -0.292. The smallest absolute Gasteiger partial charge is 0.355 e. The Bertz CT molecular complexity index is 1260. The third-order valence-electron chi connectivity index (χ3n) is 5.44. The number of phenols is 3. The van der Waals surface area contributed by atoms with Crippen molar-refractivity contribution in [3.8, 4) is 39.5 Å². The normalized spacial score (nSPS) is 11.8. The molecule has 0 saturated heterocycles. The Labute approximate surface area is 190 Å². The number of benzene rings is 3. The third-order valence-corrected chi connectivity index (χ3v) is 5.44. The molecule has 0 fully saturated rings. The number of methoxy groups -OCH3 is 1. The molecule has 1 atom stereocenters. The van der Waals surface area contributed by atoms with Crippen LogP contribution in [0, 0.1) is 0 Å². The minimum absolute atomic E-state index is 0.0539. The predicted molar refractivity (Wildman–Crippen MR) is 123 cm³/mol. The number of carbonyl (C=O) groups excluding carboxylic acids is 1. The minimum atomic E-state index is -0.957. The van der Waals surface area contributed by atoms with Gasteiger partial charge in [0, 0.05) is 17.3 Å². The van der Waals surface area contributed by atoms with E-state index in [1.54, 1.807) is 59.3 Å². The van der Waals surface area contributed by atoms with Crippen LogP contribution in [-0.4, -0.2) is 38.1 Å². The second kappa shape index (κ2) is 9.10. The number of ether oxygens (including phenoxy) is 1. The summed E-state index contributed by atoms with van der Waals surface area (Å²) in [6.07, 6.45) is 0.798. The zero-order chi connectivity index (χ0) is 23.5. The van der Waals surface area contributed by atoms with Crippen molar-refractivity contribution in [3.05, 3.63) is 90.3 Å². The molecule has 7 nitrogen and oxygen atoms in total. The van der Waals surface area contributed by atoms with Gasteiger partial charge in [-0.15, -0.1) is 0 Å². The lowest BCUT2D eigenvalue weighted by Gasteiger charge is -2.15. The summed E-state index contributed by atoms with van der Waals surface area (Å²) >= 11 is 0. The van der Waals surface area contributed by atoms with Crippen molar-refractivity contribution in [3.63, 3.8) is 0 Å². The van der Waals surface area contributed by atoms with Gasteiger partial charge in [0.05, 0.1) is 19.8 Å². The third kappa shape index (κ3) is 4.53. The minimum Gasteiger partial charge on any atom is -0.508 e. The van der Waals surface area contributed by atoms with Crippen molar-refractivity contribution in [1.29, 1.82) is 0 Å². The van der Waals surface area contributed by atoms with Crippen LogP contribution in [0.15, 0.2) is 79.0 Å². The Morgan fingerprint density at radius 1 is 0.818 bits per heavy atom. The van der Waals surface area contributed by atoms with Gasteiger partial charge in [0.15, 0.2) is 0 Å². The molecule has 0 spiro atoms. The summed E-state index contributed by atoms with van der Waals surface area (Å²) in [6, 6.07) is 19.2. The van der Waals surface area contributed by atoms with E-state index in [0.29, 0.717) is 22.3 Å². The number of aliphatic hydroxyl groups is 1. The molecule has 0 aliphatic heterocycles. The van der Waals surface area contributed by atoms with E-state index in [2.05, 4.69) is 0 Å². The number of aromatic hydroxyl groups is 3. The van der Waals surface area contributed by atoms with Crippen molar-refractivity contribution in [1.82, 2.24) is 4.57 Å². The summed E-state index contributed by atoms with van der Waals surface area (Å²) in [5, 5.41) is 39.8. The molecule has 0 bridgehead atoms. The summed E-state index contributed by atoms with van der Waals surface area (Å²) in [4.78, 5) is 12.9. The van der Waals surface area contributed by atoms with Crippen molar-refractivity contribution in [2.75, 3.05) is 7.11 Å². The lowest BCUT2D eigenvalue weighted by atomic mass is 9.96. The maximum atomic E-state index is 12.9. The first-order valence-corrected chi connectivity index (χ1v) is 10.2. The first-order chi connectivity index (χ1) is 15.9. The molecule has 4 rings (SSSR count). The van der Waals surface area contributed by atoms with Crippen molar-refractivity contribution in [2.45, 2.75) is 12.6 Å². The predicted octanol–water partition coefficient (Wildman–Crippen LogP) is 4.46. The monoisotopic (exact) mass is 445 g/mol. The standard InChI is InChI=1S/C26H23NO6/c1-33-26(32)25-24(18-6-12-21(30)13-7-18)22(16-2-8-19(28)9-3-16)14-27(25)15-23(31)17-4-10-20(29)11-5-17/h2-14,23,28-31H,15H2,1H3/t23-/m0/s1. The molecular weight excluding hydrogens is 422 g/mol. The van der Waals surface area contributed by atoms with Gasteiger partial charge in [0.1, 0.15) is 22.9 Å². The molecule has 7 heteroatoms. The lowest BCUT2D eigenvalue weighted by Crippen LogP contribution is -2.15. The second-order valence-corrected chi connectivity index (χ2v) is 7.61. The SMILES string of the molecule is COC(=O)c1c(-c2ccc(O)cc2)c(-c2ccc(O)cc2)cn1C[C@H](O)c1ccc(O)cc1. The van der Waals surface area contributed by atoms with Gasteiger partial charge in [-0.25, -0.2) is 4.79 Å². The van der Waals surface area contributed by atoms with Gasteiger partial charge in [-0.3, -0.25) is 0 Å². The van der Waals surface area contributed by atoms with Gasteiger partial charge < -0.3 is 29.7 Å². The quantitative estimate of drug-likeness (QED) is 0.326. The van der Waals surface area contributed by atoms with Crippen molar-refractivity contribution >= 4 is 5.97 Å². The maximum absolute atomic E-state index is 12.9. The van der Waals surface area contributed by atoms with Crippen LogP contribution >= 0.6 is 0 Å². The number of nitrogens with zero attached hydrogens (tertiary/aromatic N) is 1. The van der Waals surface area contributed by atoms with E-state index in [0.717, 1.165) is 5.56 Å². The second-order valence-electron chi connectivity index (χ2n) is 7.61. The molecule has 3 aromatic carbocycles. The van der Waals surface area contributed by atoms with Crippen LogP contribution in [-0.2, 0) is 11.3 Å². The molecule has 0 aliphatic carbocycles. The molecule has 0 saturated carbocycles. The molecule has 4 N–H and O–H groups in total. The number of rotatable bonds is 6. The number of hydrogen-bond donors (Lipinski definition) is 4. The fraction of sp³-hybridized carbons (Fsp3) is 0.115. The number of hydrogen-bond acceptors (Lipinski definition) is 6. The van der Waals surface area contributed by atoms with Gasteiger partial charge in [-0.2, -0.15) is 0 Å². The van der Waals surface area contributed by atoms with Gasteiger partial charge in [-0.1, -0.05) is 36.4 Å². The summed E-state index contributed by atoms with van der Waals surface area (Å²) in [5.41, 5.74) is 3.51. The molecular formula is C26H23NO6. The number of esters is 1. The van der Waals surface area contributed by atoms with E-state index in [1.807, 2.05) is 0 Å². The molecule has 168 valence electrons. The maximum Gasteiger partial charge on any atom is 0.355 e. The fourth-order valence-corrected chi connectivity index (χ4v) is 3.78. The van der Waals surface area contributed by atoms with E-state index >= 15 is 0 Å². The Kier molecular flexibility index (Phi) is 6.06. The molecule has 33 heavy (non-hydrogen) atoms. The highest BCUT2D eigenvalue weighted by Crippen LogP contribution is 2.39. The Balaban J connectivity index is 1.89. The summed E-state index contributed by atoms with van der Waals surface area (Å²) in [7, 11) is 1.29. The zero-order valence-electron chi connectivity index (χ0n) is 17.8. The van der Waals surface area contributed by atoms with Gasteiger partial charge in [-0.05, 0) is 53.1 Å². The average Bonchev–Trinajstić information content (AvgIpc) is 3.18. The summed E-state index contributed by atoms with van der Waals surface area (Å²) < 4.78 is 6.70. The van der Waals surface area contributed by atoms with Crippen LogP contribution in [0.5, 0.6) is 17.2 Å². The van der Waals surface area contributed by atoms with Crippen LogP contribution in [0.2, 0.25) is 0 Å². The van der Waals surface area contributed by atoms with Crippen LogP contribution in [0.25, 0.3) is 22.3 Å². The summed E-state index contributed by atoms with van der Waals surface area (Å²) in [6.45, 7) is 0.0539. The average molecular weight is 445 g/mol. The van der Waals surface area contributed by atoms with Crippen LogP contribution in [0.3, 0.4) is 0 Å². The Morgan fingerprint density at radius 2 is 1.30 bits per heavy atom. The number of carbonyl (C=O) groups is 1. The zero-order valence-corrected chi connectivity index (χ0v) is 17.8. The molecule has 1 heterocycles. The van der Waals surface area contributed by atoms with Crippen molar-refractivity contribution < 1.29 is 30.0 Å². The van der Waals surface area contributed by atoms with Crippen molar-refractivity contribution in [2.24, 2.45) is 0 Å². The Hall–Kier alpha value is -4.23. The first-order valence-electron chi connectivity index (χ1n) is 10.2. The number of phenolic OH excluding ortho intramolecular Hbond substituents is 3. The van der Waals surface area contributed by atoms with E-state index in [1.165, 1.54) is 31.4 Å². The highest BCUT2D eigenvalue weighted by Gasteiger charge is 2.26. The Morgan fingerprint density at radius 3 is 1.82 bits per heavy atom. The van der Waals surface area contributed by atoms with Crippen LogP contribution < -0.4 is 0 Å². The molecule has 0 amide bonds. The van der Waals surface area contributed by atoms with Crippen LogP contribution in [0.1, 0.15) is 22.2 Å². The highest BCUT2D eigenvalue weighted by molar-refractivity contribution is 6.01. The van der Waals surface area contributed by atoms with Gasteiger partial charge in [0.2, 0.25) is 0 Å².